The summed E-state index contributed by atoms with van der Waals surface area (Å²) in [6, 6.07) is 11.9. The number of nitrogens with one attached hydrogen (secondary N) is 1. The summed E-state index contributed by atoms with van der Waals surface area (Å²) in [5, 5.41) is 3.10. The van der Waals surface area contributed by atoms with Crippen LogP contribution in [0.25, 0.3) is 10.2 Å². The average Bonchev–Trinajstić information content (AvgIpc) is 2.94. The Hall–Kier alpha value is -2.47. The second-order valence-electron chi connectivity index (χ2n) is 4.97. The first-order valence-corrected chi connectivity index (χ1v) is 8.03. The number of rotatable bonds is 5. The van der Waals surface area contributed by atoms with Gasteiger partial charge in [-0.05, 0) is 42.3 Å². The standard InChI is InChI=1S/C17H15FN2O2S/c1-2-11-3-6-13(7-4-11)22-10-16(21)20-17-19-14-8-5-12(18)9-15(14)23-17/h3-9H,2,10H2,1H3,(H,19,20,21). The number of aryl methyl sites for hydroxylation is 1. The van der Waals surface area contributed by atoms with Gasteiger partial charge in [-0.2, -0.15) is 0 Å². The summed E-state index contributed by atoms with van der Waals surface area (Å²) in [7, 11) is 0. The molecule has 0 unspecified atom stereocenters. The summed E-state index contributed by atoms with van der Waals surface area (Å²) in [5.41, 5.74) is 1.87. The molecular weight excluding hydrogens is 315 g/mol. The fraction of sp³-hybridized carbons (Fsp3) is 0.176. The maximum absolute atomic E-state index is 13.1. The molecule has 1 amide bonds. The number of ether oxygens (including phenoxy) is 1. The molecule has 3 aromatic rings. The van der Waals surface area contributed by atoms with E-state index in [4.69, 9.17) is 4.74 Å². The van der Waals surface area contributed by atoms with Crippen molar-refractivity contribution in [3.05, 3.63) is 53.8 Å². The highest BCUT2D eigenvalue weighted by molar-refractivity contribution is 7.22. The zero-order chi connectivity index (χ0) is 16.2. The van der Waals surface area contributed by atoms with Gasteiger partial charge >= 0.3 is 0 Å². The second kappa shape index (κ2) is 6.75. The van der Waals surface area contributed by atoms with Crippen LogP contribution in [0.1, 0.15) is 12.5 Å². The van der Waals surface area contributed by atoms with Crippen LogP contribution in [0.5, 0.6) is 5.75 Å². The third-order valence-corrected chi connectivity index (χ3v) is 4.23. The minimum Gasteiger partial charge on any atom is -0.484 e. The van der Waals surface area contributed by atoms with Crippen molar-refractivity contribution in [2.45, 2.75) is 13.3 Å². The summed E-state index contributed by atoms with van der Waals surface area (Å²) in [4.78, 5) is 16.1. The first-order valence-electron chi connectivity index (χ1n) is 7.21. The van der Waals surface area contributed by atoms with Gasteiger partial charge in [0.05, 0.1) is 10.2 Å². The van der Waals surface area contributed by atoms with Crippen LogP contribution in [0.4, 0.5) is 9.52 Å². The minimum atomic E-state index is -0.321. The Morgan fingerprint density at radius 3 is 2.78 bits per heavy atom. The number of aromatic nitrogens is 1. The Kier molecular flexibility index (Phi) is 4.52. The highest BCUT2D eigenvalue weighted by Crippen LogP contribution is 2.26. The normalized spacial score (nSPS) is 10.7. The van der Waals surface area contributed by atoms with Crippen LogP contribution < -0.4 is 10.1 Å². The zero-order valence-corrected chi connectivity index (χ0v) is 13.3. The Balaban J connectivity index is 1.59. The van der Waals surface area contributed by atoms with Crippen LogP contribution in [-0.4, -0.2) is 17.5 Å². The van der Waals surface area contributed by atoms with Gasteiger partial charge in [0.25, 0.3) is 5.91 Å². The maximum Gasteiger partial charge on any atom is 0.264 e. The summed E-state index contributed by atoms with van der Waals surface area (Å²) in [5.74, 6) is 0.0192. The lowest BCUT2D eigenvalue weighted by Crippen LogP contribution is -2.19. The van der Waals surface area contributed by atoms with Crippen LogP contribution >= 0.6 is 11.3 Å². The van der Waals surface area contributed by atoms with E-state index in [0.29, 0.717) is 21.1 Å². The zero-order valence-electron chi connectivity index (χ0n) is 12.5. The van der Waals surface area contributed by atoms with E-state index < -0.39 is 0 Å². The van der Waals surface area contributed by atoms with E-state index in [-0.39, 0.29) is 18.3 Å². The molecule has 1 heterocycles. The number of hydrogen-bond donors (Lipinski definition) is 1. The number of anilines is 1. The molecule has 0 aliphatic rings. The Morgan fingerprint density at radius 1 is 1.26 bits per heavy atom. The first kappa shape index (κ1) is 15.4. The third kappa shape index (κ3) is 3.84. The predicted molar refractivity (Wildman–Crippen MR) is 89.5 cm³/mol. The molecule has 1 N–H and O–H groups in total. The molecule has 0 atom stereocenters. The SMILES string of the molecule is CCc1ccc(OCC(=O)Nc2nc3ccc(F)cc3s2)cc1. The largest absolute Gasteiger partial charge is 0.484 e. The molecule has 118 valence electrons. The van der Waals surface area contributed by atoms with Gasteiger partial charge in [-0.15, -0.1) is 0 Å². The molecule has 0 aliphatic carbocycles. The van der Waals surface area contributed by atoms with Crippen molar-refractivity contribution in [3.63, 3.8) is 0 Å². The predicted octanol–water partition coefficient (Wildman–Crippen LogP) is 4.02. The molecule has 0 saturated heterocycles. The summed E-state index contributed by atoms with van der Waals surface area (Å²) in [6.07, 6.45) is 0.957. The van der Waals surface area contributed by atoms with Crippen molar-refractivity contribution in [1.29, 1.82) is 0 Å². The van der Waals surface area contributed by atoms with Crippen molar-refractivity contribution in [1.82, 2.24) is 4.98 Å². The van der Waals surface area contributed by atoms with Gasteiger partial charge in [-0.25, -0.2) is 9.37 Å². The molecule has 4 nitrogen and oxygen atoms in total. The highest BCUT2D eigenvalue weighted by atomic mass is 32.1. The lowest BCUT2D eigenvalue weighted by atomic mass is 10.2. The molecule has 23 heavy (non-hydrogen) atoms. The van der Waals surface area contributed by atoms with E-state index in [1.54, 1.807) is 6.07 Å². The van der Waals surface area contributed by atoms with Crippen molar-refractivity contribution in [2.24, 2.45) is 0 Å². The molecule has 0 spiro atoms. The number of fused-ring (bicyclic) bond motifs is 1. The van der Waals surface area contributed by atoms with Crippen molar-refractivity contribution in [3.8, 4) is 5.75 Å². The Bertz CT molecular complexity index is 830. The minimum absolute atomic E-state index is 0.101. The van der Waals surface area contributed by atoms with Gasteiger partial charge in [0, 0.05) is 0 Å². The number of benzene rings is 2. The van der Waals surface area contributed by atoms with Crippen molar-refractivity contribution < 1.29 is 13.9 Å². The Morgan fingerprint density at radius 2 is 2.04 bits per heavy atom. The molecule has 0 radical (unpaired) electrons. The van der Waals surface area contributed by atoms with E-state index in [9.17, 15) is 9.18 Å². The molecule has 2 aromatic carbocycles. The molecule has 0 fully saturated rings. The van der Waals surface area contributed by atoms with Gasteiger partial charge in [0.15, 0.2) is 11.7 Å². The van der Waals surface area contributed by atoms with Crippen LogP contribution in [-0.2, 0) is 11.2 Å². The molecule has 1 aromatic heterocycles. The molecule has 6 heteroatoms. The third-order valence-electron chi connectivity index (χ3n) is 3.30. The molecule has 0 aliphatic heterocycles. The van der Waals surface area contributed by atoms with E-state index >= 15 is 0 Å². The van der Waals surface area contributed by atoms with Gasteiger partial charge < -0.3 is 4.74 Å². The van der Waals surface area contributed by atoms with E-state index in [1.807, 2.05) is 24.3 Å². The molecular formula is C17H15FN2O2S. The first-order chi connectivity index (χ1) is 11.1. The fourth-order valence-electron chi connectivity index (χ4n) is 2.08. The monoisotopic (exact) mass is 330 g/mol. The number of carbonyl (C=O) groups excluding carboxylic acids is 1. The van der Waals surface area contributed by atoms with Gasteiger partial charge in [-0.1, -0.05) is 30.4 Å². The lowest BCUT2D eigenvalue weighted by Gasteiger charge is -2.06. The number of amides is 1. The van der Waals surface area contributed by atoms with E-state index in [0.717, 1.165) is 6.42 Å². The number of halogens is 1. The van der Waals surface area contributed by atoms with Gasteiger partial charge in [0.2, 0.25) is 0 Å². The summed E-state index contributed by atoms with van der Waals surface area (Å²) in [6.45, 7) is 1.98. The number of carbonyl (C=O) groups is 1. The Labute approximate surface area is 136 Å². The smallest absolute Gasteiger partial charge is 0.264 e. The topological polar surface area (TPSA) is 51.2 Å². The van der Waals surface area contributed by atoms with Crippen LogP contribution in [0, 0.1) is 5.82 Å². The fourth-order valence-corrected chi connectivity index (χ4v) is 2.98. The highest BCUT2D eigenvalue weighted by Gasteiger charge is 2.09. The number of thiazole rings is 1. The van der Waals surface area contributed by atoms with Gasteiger partial charge in [-0.3, -0.25) is 10.1 Å². The molecule has 3 rings (SSSR count). The van der Waals surface area contributed by atoms with Crippen molar-refractivity contribution in [2.75, 3.05) is 11.9 Å². The average molecular weight is 330 g/mol. The van der Waals surface area contributed by atoms with E-state index in [2.05, 4.69) is 17.2 Å². The van der Waals surface area contributed by atoms with Crippen LogP contribution in [0.15, 0.2) is 42.5 Å². The quantitative estimate of drug-likeness (QED) is 0.769. The maximum atomic E-state index is 13.1. The van der Waals surface area contributed by atoms with E-state index in [1.165, 1.54) is 29.0 Å². The number of nitrogens with zero attached hydrogens (tertiary/aromatic N) is 1. The van der Waals surface area contributed by atoms with Crippen molar-refractivity contribution >= 4 is 32.6 Å². The summed E-state index contributed by atoms with van der Waals surface area (Å²) >= 11 is 1.23. The number of hydrogen-bond acceptors (Lipinski definition) is 4. The molecule has 0 bridgehead atoms. The second-order valence-corrected chi connectivity index (χ2v) is 6.00. The van der Waals surface area contributed by atoms with Crippen LogP contribution in [0.3, 0.4) is 0 Å². The van der Waals surface area contributed by atoms with Crippen LogP contribution in [0.2, 0.25) is 0 Å². The molecule has 0 saturated carbocycles. The summed E-state index contributed by atoms with van der Waals surface area (Å²) < 4.78 is 19.3. The van der Waals surface area contributed by atoms with Gasteiger partial charge in [0.1, 0.15) is 11.6 Å². The lowest BCUT2D eigenvalue weighted by molar-refractivity contribution is -0.118.